The zero-order chi connectivity index (χ0) is 12.0. The normalized spacial score (nSPS) is 14.0. The Kier molecular flexibility index (Phi) is 4.27. The van der Waals surface area contributed by atoms with Gasteiger partial charge in [0.1, 0.15) is 0 Å². The van der Waals surface area contributed by atoms with Gasteiger partial charge < -0.3 is 9.72 Å². The number of methoxy groups -OCH3 is 1. The lowest BCUT2D eigenvalue weighted by Gasteiger charge is -1.93. The van der Waals surface area contributed by atoms with E-state index in [9.17, 15) is 4.79 Å². The fraction of sp³-hybridized carbons (Fsp3) is 0.167. The summed E-state index contributed by atoms with van der Waals surface area (Å²) in [6, 6.07) is 3.14. The average molecular weight is 218 g/mol. The predicted octanol–water partition coefficient (Wildman–Crippen LogP) is 0.144. The van der Waals surface area contributed by atoms with Gasteiger partial charge in [-0.2, -0.15) is 0 Å². The Morgan fingerprint density at radius 1 is 1.56 bits per heavy atom. The van der Waals surface area contributed by atoms with E-state index in [2.05, 4.69) is 16.6 Å². The molecular weight excluding hydrogens is 204 g/mol. The van der Waals surface area contributed by atoms with Crippen molar-refractivity contribution >= 4 is 18.2 Å². The van der Waals surface area contributed by atoms with Crippen LogP contribution in [-0.2, 0) is 4.74 Å². The Labute approximate surface area is 93.3 Å². The molecule has 0 atom stereocenters. The molecule has 1 heterocycles. The maximum atomic E-state index is 11.1. The summed E-state index contributed by atoms with van der Waals surface area (Å²) in [6.07, 6.45) is 4.95. The van der Waals surface area contributed by atoms with Crippen LogP contribution < -0.4 is 16.1 Å². The van der Waals surface area contributed by atoms with E-state index in [4.69, 9.17) is 4.74 Å². The second-order valence-electron chi connectivity index (χ2n) is 3.08. The molecule has 0 radical (unpaired) electrons. The molecule has 1 rings (SSSR count). The molecule has 0 saturated heterocycles. The number of aromatic nitrogens is 1. The van der Waals surface area contributed by atoms with Gasteiger partial charge in [0.15, 0.2) is 5.90 Å². The van der Waals surface area contributed by atoms with Gasteiger partial charge in [-0.15, -0.1) is 0 Å². The van der Waals surface area contributed by atoms with Gasteiger partial charge in [0.25, 0.3) is 0 Å². The zero-order valence-corrected chi connectivity index (χ0v) is 9.36. The van der Waals surface area contributed by atoms with Gasteiger partial charge in [-0.1, -0.05) is 12.7 Å². The van der Waals surface area contributed by atoms with E-state index in [0.29, 0.717) is 11.2 Å². The van der Waals surface area contributed by atoms with Gasteiger partial charge in [0.05, 0.1) is 7.11 Å². The summed E-state index contributed by atoms with van der Waals surface area (Å²) < 4.78 is 4.91. The van der Waals surface area contributed by atoms with Crippen molar-refractivity contribution in [1.29, 1.82) is 0 Å². The number of nitrogens with one attached hydrogen (secondary N) is 1. The van der Waals surface area contributed by atoms with Crippen LogP contribution in [0, 0.1) is 0 Å². The Balaban J connectivity index is 3.40. The average Bonchev–Trinajstić information content (AvgIpc) is 2.28. The second kappa shape index (κ2) is 5.70. The van der Waals surface area contributed by atoms with E-state index in [-0.39, 0.29) is 5.56 Å². The summed E-state index contributed by atoms with van der Waals surface area (Å²) in [5, 5.41) is 1.48. The van der Waals surface area contributed by atoms with Crippen LogP contribution >= 0.6 is 0 Å². The zero-order valence-electron chi connectivity index (χ0n) is 9.36. The van der Waals surface area contributed by atoms with Crippen LogP contribution in [0.3, 0.4) is 0 Å². The van der Waals surface area contributed by atoms with Crippen LogP contribution in [0.25, 0.3) is 12.3 Å². The topological polar surface area (TPSA) is 54.5 Å². The first-order valence-corrected chi connectivity index (χ1v) is 4.78. The first-order chi connectivity index (χ1) is 7.67. The third kappa shape index (κ3) is 3.24. The van der Waals surface area contributed by atoms with Crippen LogP contribution in [0.15, 0.2) is 34.6 Å². The molecule has 84 valence electrons. The van der Waals surface area contributed by atoms with E-state index in [1.807, 2.05) is 0 Å². The highest BCUT2D eigenvalue weighted by Crippen LogP contribution is 1.78. The Morgan fingerprint density at radius 2 is 2.31 bits per heavy atom. The largest absolute Gasteiger partial charge is 0.484 e. The Bertz CT molecular complexity index is 567. The molecule has 4 nitrogen and oxygen atoms in total. The van der Waals surface area contributed by atoms with E-state index < -0.39 is 0 Å². The third-order valence-corrected chi connectivity index (χ3v) is 1.95. The van der Waals surface area contributed by atoms with Crippen molar-refractivity contribution in [3.63, 3.8) is 0 Å². The maximum absolute atomic E-state index is 11.1. The van der Waals surface area contributed by atoms with E-state index in [1.54, 1.807) is 38.5 Å². The minimum Gasteiger partial charge on any atom is -0.484 e. The number of aliphatic imine (C=N–C) groups is 1. The highest BCUT2D eigenvalue weighted by atomic mass is 16.5. The van der Waals surface area contributed by atoms with Crippen LogP contribution in [-0.4, -0.2) is 18.0 Å². The molecule has 1 aromatic heterocycles. The van der Waals surface area contributed by atoms with E-state index >= 15 is 0 Å². The fourth-order valence-electron chi connectivity index (χ4n) is 1.08. The molecule has 16 heavy (non-hydrogen) atoms. The molecule has 0 saturated carbocycles. The number of hydrogen-bond donors (Lipinski definition) is 1. The highest BCUT2D eigenvalue weighted by Gasteiger charge is 1.87. The summed E-state index contributed by atoms with van der Waals surface area (Å²) >= 11 is 0. The van der Waals surface area contributed by atoms with Gasteiger partial charge in [0, 0.05) is 29.8 Å². The van der Waals surface area contributed by atoms with E-state index in [0.717, 1.165) is 5.22 Å². The van der Waals surface area contributed by atoms with Gasteiger partial charge in [-0.3, -0.25) is 4.79 Å². The predicted molar refractivity (Wildman–Crippen MR) is 65.6 cm³/mol. The highest BCUT2D eigenvalue weighted by molar-refractivity contribution is 5.75. The number of ether oxygens (including phenoxy) is 1. The molecule has 0 aliphatic rings. The van der Waals surface area contributed by atoms with Gasteiger partial charge in [-0.25, -0.2) is 4.99 Å². The van der Waals surface area contributed by atoms with Crippen molar-refractivity contribution < 1.29 is 4.74 Å². The number of nitrogens with zero attached hydrogens (tertiary/aromatic N) is 1. The van der Waals surface area contributed by atoms with Gasteiger partial charge in [0.2, 0.25) is 5.56 Å². The monoisotopic (exact) mass is 218 g/mol. The number of hydrogen-bond acceptors (Lipinski definition) is 3. The third-order valence-electron chi connectivity index (χ3n) is 1.95. The first kappa shape index (κ1) is 12.0. The Morgan fingerprint density at radius 3 is 2.94 bits per heavy atom. The molecule has 0 unspecified atom stereocenters. The number of aromatic amines is 1. The first-order valence-electron chi connectivity index (χ1n) is 4.78. The molecule has 0 spiro atoms. The van der Waals surface area contributed by atoms with Gasteiger partial charge in [-0.05, 0) is 12.1 Å². The van der Waals surface area contributed by atoms with Crippen LogP contribution in [0.5, 0.6) is 0 Å². The second-order valence-corrected chi connectivity index (χ2v) is 3.08. The molecule has 1 N–H and O–H groups in total. The standard InChI is InChI=1S/C12H14N2O2/c1-4-5-11-10(6-7-12(15)14-11)8-13-9(2)16-3/h4-8H,1H2,2-3H3,(H,14,15)/b10-8-,11-5-,13-9?. The van der Waals surface area contributed by atoms with Crippen molar-refractivity contribution in [2.75, 3.05) is 7.11 Å². The smallest absolute Gasteiger partial charge is 0.248 e. The molecule has 0 aliphatic heterocycles. The van der Waals surface area contributed by atoms with Crippen molar-refractivity contribution in [3.8, 4) is 0 Å². The molecule has 0 bridgehead atoms. The van der Waals surface area contributed by atoms with Crippen LogP contribution in [0.4, 0.5) is 0 Å². The number of pyridine rings is 1. The number of rotatable bonds is 2. The summed E-state index contributed by atoms with van der Waals surface area (Å²) in [7, 11) is 1.55. The van der Waals surface area contributed by atoms with Crippen molar-refractivity contribution in [3.05, 3.63) is 45.7 Å². The quantitative estimate of drug-likeness (QED) is 0.567. The van der Waals surface area contributed by atoms with Crippen LogP contribution in [0.1, 0.15) is 6.92 Å². The van der Waals surface area contributed by atoms with Crippen molar-refractivity contribution in [2.45, 2.75) is 6.92 Å². The minimum absolute atomic E-state index is 0.155. The van der Waals surface area contributed by atoms with E-state index in [1.165, 1.54) is 6.07 Å². The molecule has 4 heteroatoms. The molecule has 0 amide bonds. The Hall–Kier alpha value is -2.10. The summed E-state index contributed by atoms with van der Waals surface area (Å²) in [5.74, 6) is 0.552. The fourth-order valence-corrected chi connectivity index (χ4v) is 1.08. The lowest BCUT2D eigenvalue weighted by molar-refractivity contribution is 0.400. The minimum atomic E-state index is -0.155. The summed E-state index contributed by atoms with van der Waals surface area (Å²) in [5.41, 5.74) is -0.155. The summed E-state index contributed by atoms with van der Waals surface area (Å²) in [4.78, 5) is 17.9. The molecular formula is C12H14N2O2. The number of H-pyrrole nitrogens is 1. The molecule has 0 fully saturated rings. The SMILES string of the molecule is C=C/C=c1\[nH]c(=O)cc\c1=C\N=C(C)OC. The number of allylic oxidation sites excluding steroid dienone is 1. The lowest BCUT2D eigenvalue weighted by atomic mass is 10.3. The van der Waals surface area contributed by atoms with Crippen molar-refractivity contribution in [1.82, 2.24) is 4.98 Å². The van der Waals surface area contributed by atoms with Gasteiger partial charge >= 0.3 is 0 Å². The molecule has 0 aliphatic carbocycles. The lowest BCUT2D eigenvalue weighted by Crippen LogP contribution is -2.33. The molecule has 1 aromatic rings. The molecule has 0 aromatic carbocycles. The summed E-state index contributed by atoms with van der Waals surface area (Å²) in [6.45, 7) is 5.34. The van der Waals surface area contributed by atoms with Crippen LogP contribution in [0.2, 0.25) is 0 Å². The van der Waals surface area contributed by atoms with Crippen molar-refractivity contribution in [2.24, 2.45) is 4.99 Å². The maximum Gasteiger partial charge on any atom is 0.248 e.